The van der Waals surface area contributed by atoms with E-state index in [1.54, 1.807) is 6.92 Å². The Labute approximate surface area is 129 Å². The number of hydrogen-bond acceptors (Lipinski definition) is 4. The zero-order valence-electron chi connectivity index (χ0n) is 11.7. The molecule has 1 rings (SSSR count). The Morgan fingerprint density at radius 3 is 2.32 bits per heavy atom. The summed E-state index contributed by atoms with van der Waals surface area (Å²) >= 11 is 5.61. The van der Waals surface area contributed by atoms with Crippen molar-refractivity contribution >= 4 is 29.3 Å². The van der Waals surface area contributed by atoms with Gasteiger partial charge in [-0.2, -0.15) is 0 Å². The van der Waals surface area contributed by atoms with Gasteiger partial charge in [-0.15, -0.1) is 0 Å². The highest BCUT2D eigenvalue weighted by Gasteiger charge is 2.38. The van der Waals surface area contributed by atoms with Gasteiger partial charge in [0.1, 0.15) is 0 Å². The van der Waals surface area contributed by atoms with Crippen molar-refractivity contribution in [3.05, 3.63) is 34.4 Å². The zero-order valence-corrected chi connectivity index (χ0v) is 12.5. The molecule has 0 saturated heterocycles. The summed E-state index contributed by atoms with van der Waals surface area (Å²) in [5.41, 5.74) is -0.603. The van der Waals surface area contributed by atoms with Gasteiger partial charge < -0.3 is 9.84 Å². The van der Waals surface area contributed by atoms with E-state index < -0.39 is 52.0 Å². The van der Waals surface area contributed by atoms with Crippen LogP contribution in [0.3, 0.4) is 0 Å². The Morgan fingerprint density at radius 1 is 1.27 bits per heavy atom. The Bertz CT molecular complexity index is 617. The molecule has 0 bridgehead atoms. The number of benzene rings is 1. The number of Topliss-reactive ketones (excluding diaryl/α,β-unsaturated/α-hetero) is 1. The molecule has 0 saturated carbocycles. The lowest BCUT2D eigenvalue weighted by molar-refractivity contribution is -0.159. The highest BCUT2D eigenvalue weighted by molar-refractivity contribution is 6.35. The van der Waals surface area contributed by atoms with Gasteiger partial charge in [-0.25, -0.2) is 8.78 Å². The van der Waals surface area contributed by atoms with E-state index in [9.17, 15) is 23.2 Å². The Hall–Kier alpha value is -2.02. The number of carbonyl (C=O) groups excluding carboxylic acids is 2. The Balaban J connectivity index is 3.17. The molecule has 0 aliphatic heterocycles. The lowest BCUT2D eigenvalue weighted by atomic mass is 9.97. The molecule has 0 spiro atoms. The van der Waals surface area contributed by atoms with Crippen molar-refractivity contribution in [3.63, 3.8) is 0 Å². The Kier molecular flexibility index (Phi) is 5.99. The molecule has 0 amide bonds. The number of hydrogen-bond donors (Lipinski definition) is 1. The van der Waals surface area contributed by atoms with Gasteiger partial charge in [-0.3, -0.25) is 14.4 Å². The first-order valence-electron chi connectivity index (χ1n) is 6.31. The second-order valence-corrected chi connectivity index (χ2v) is 4.94. The van der Waals surface area contributed by atoms with Crippen LogP contribution >= 0.6 is 11.6 Å². The number of rotatable bonds is 6. The van der Waals surface area contributed by atoms with Crippen LogP contribution in [-0.4, -0.2) is 28.9 Å². The number of ether oxygens (including phenoxy) is 1. The quantitative estimate of drug-likeness (QED) is 0.374. The molecule has 2 atom stereocenters. The van der Waals surface area contributed by atoms with Crippen LogP contribution in [0.2, 0.25) is 5.02 Å². The number of halogens is 3. The molecule has 120 valence electrons. The lowest BCUT2D eigenvalue weighted by Gasteiger charge is -2.15. The summed E-state index contributed by atoms with van der Waals surface area (Å²) in [5.74, 6) is -9.20. The lowest BCUT2D eigenvalue weighted by Crippen LogP contribution is -2.35. The molecule has 0 radical (unpaired) electrons. The highest BCUT2D eigenvalue weighted by Crippen LogP contribution is 2.24. The molecule has 8 heteroatoms. The van der Waals surface area contributed by atoms with Gasteiger partial charge in [0, 0.05) is 5.56 Å². The molecule has 22 heavy (non-hydrogen) atoms. The van der Waals surface area contributed by atoms with Crippen molar-refractivity contribution in [2.24, 2.45) is 5.92 Å². The predicted molar refractivity (Wildman–Crippen MR) is 72.7 cm³/mol. The first-order valence-corrected chi connectivity index (χ1v) is 6.68. The van der Waals surface area contributed by atoms with Crippen molar-refractivity contribution in [3.8, 4) is 0 Å². The molecule has 1 N–H and O–H groups in total. The maximum atomic E-state index is 13.2. The number of carbonyl (C=O) groups is 3. The molecule has 0 aromatic heterocycles. The average molecular weight is 335 g/mol. The largest absolute Gasteiger partial charge is 0.480 e. The minimum atomic E-state index is -2.20. The third-order valence-electron chi connectivity index (χ3n) is 2.91. The van der Waals surface area contributed by atoms with Crippen molar-refractivity contribution in [2.75, 3.05) is 0 Å². The van der Waals surface area contributed by atoms with Gasteiger partial charge in [-0.1, -0.05) is 18.5 Å². The number of ketones is 1. The molecule has 0 heterocycles. The summed E-state index contributed by atoms with van der Waals surface area (Å²) in [7, 11) is 0. The van der Waals surface area contributed by atoms with E-state index in [2.05, 4.69) is 0 Å². The second kappa shape index (κ2) is 7.31. The summed E-state index contributed by atoms with van der Waals surface area (Å²) in [6.07, 6.45) is -0.180. The second-order valence-electron chi connectivity index (χ2n) is 4.54. The minimum absolute atomic E-state index is 0.415. The van der Waals surface area contributed by atoms with Crippen LogP contribution in [0.15, 0.2) is 12.1 Å². The fourth-order valence-corrected chi connectivity index (χ4v) is 1.78. The summed E-state index contributed by atoms with van der Waals surface area (Å²) in [6.45, 7) is 3.22. The van der Waals surface area contributed by atoms with E-state index in [1.165, 1.54) is 6.92 Å². The van der Waals surface area contributed by atoms with Gasteiger partial charge in [0.15, 0.2) is 17.4 Å². The molecule has 1 aromatic rings. The third-order valence-corrected chi connectivity index (χ3v) is 3.23. The van der Waals surface area contributed by atoms with Gasteiger partial charge >= 0.3 is 11.9 Å². The molecule has 5 nitrogen and oxygen atoms in total. The normalized spacial score (nSPS) is 13.3. The van der Waals surface area contributed by atoms with Crippen LogP contribution in [0.25, 0.3) is 0 Å². The maximum absolute atomic E-state index is 13.2. The fraction of sp³-hybridized carbons (Fsp3) is 0.357. The molecule has 0 fully saturated rings. The smallest absolute Gasteiger partial charge is 0.328 e. The van der Waals surface area contributed by atoms with Crippen LogP contribution in [-0.2, 0) is 14.3 Å². The van der Waals surface area contributed by atoms with Crippen LogP contribution in [0.4, 0.5) is 8.78 Å². The Morgan fingerprint density at radius 2 is 1.82 bits per heavy atom. The fourth-order valence-electron chi connectivity index (χ4n) is 1.54. The monoisotopic (exact) mass is 334 g/mol. The topological polar surface area (TPSA) is 80.7 Å². The SMILES string of the molecule is CCC(C)OC(=O)C(C(=O)O)C(=O)c1cc(F)c(F)cc1Cl. The van der Waals surface area contributed by atoms with Gasteiger partial charge in [-0.05, 0) is 25.5 Å². The zero-order chi connectivity index (χ0) is 17.0. The van der Waals surface area contributed by atoms with Crippen LogP contribution in [0.5, 0.6) is 0 Å². The molecule has 0 aliphatic carbocycles. The standard InChI is InChI=1S/C14H13ClF2O5/c1-3-6(2)22-14(21)11(13(19)20)12(18)7-4-9(16)10(17)5-8(7)15/h4-6,11H,3H2,1-2H3,(H,19,20). The van der Waals surface area contributed by atoms with Gasteiger partial charge in [0.25, 0.3) is 0 Å². The summed E-state index contributed by atoms with van der Waals surface area (Å²) < 4.78 is 31.0. The average Bonchev–Trinajstić information content (AvgIpc) is 2.42. The van der Waals surface area contributed by atoms with Crippen molar-refractivity contribution in [2.45, 2.75) is 26.4 Å². The molecular formula is C14H13ClF2O5. The number of carboxylic acid groups (broad SMARTS) is 1. The highest BCUT2D eigenvalue weighted by atomic mass is 35.5. The van der Waals surface area contributed by atoms with Crippen LogP contribution in [0.1, 0.15) is 30.6 Å². The number of esters is 1. The van der Waals surface area contributed by atoms with Crippen molar-refractivity contribution in [1.82, 2.24) is 0 Å². The predicted octanol–water partition coefficient (Wildman–Crippen LogP) is 2.84. The minimum Gasteiger partial charge on any atom is -0.480 e. The first kappa shape index (κ1) is 18.0. The summed E-state index contributed by atoms with van der Waals surface area (Å²) in [5, 5.41) is 8.55. The molecule has 1 aromatic carbocycles. The van der Waals surface area contributed by atoms with E-state index in [0.29, 0.717) is 18.6 Å². The van der Waals surface area contributed by atoms with Gasteiger partial charge in [0.2, 0.25) is 5.92 Å². The first-order chi connectivity index (χ1) is 10.2. The summed E-state index contributed by atoms with van der Waals surface area (Å²) in [4.78, 5) is 35.1. The number of carboxylic acids is 1. The molecule has 2 unspecified atom stereocenters. The number of aliphatic carboxylic acids is 1. The van der Waals surface area contributed by atoms with E-state index in [-0.39, 0.29) is 0 Å². The molecule has 0 aliphatic rings. The summed E-state index contributed by atoms with van der Waals surface area (Å²) in [6, 6.07) is 0.982. The van der Waals surface area contributed by atoms with Crippen LogP contribution < -0.4 is 0 Å². The van der Waals surface area contributed by atoms with E-state index in [1.807, 2.05) is 0 Å². The van der Waals surface area contributed by atoms with Gasteiger partial charge in [0.05, 0.1) is 11.1 Å². The van der Waals surface area contributed by atoms with E-state index in [0.717, 1.165) is 0 Å². The molecular weight excluding hydrogens is 322 g/mol. The third kappa shape index (κ3) is 4.00. The van der Waals surface area contributed by atoms with Crippen molar-refractivity contribution < 1.29 is 33.0 Å². The maximum Gasteiger partial charge on any atom is 0.328 e. The van der Waals surface area contributed by atoms with E-state index >= 15 is 0 Å². The van der Waals surface area contributed by atoms with Crippen LogP contribution in [0, 0.1) is 17.6 Å². The van der Waals surface area contributed by atoms with E-state index in [4.69, 9.17) is 21.4 Å². The van der Waals surface area contributed by atoms with Crippen molar-refractivity contribution in [1.29, 1.82) is 0 Å².